The average molecular weight is 345 g/mol. The molecule has 0 bridgehead atoms. The van der Waals surface area contributed by atoms with Gasteiger partial charge in [-0.25, -0.2) is 4.39 Å². The van der Waals surface area contributed by atoms with Crippen LogP contribution >= 0.6 is 0 Å². The second-order valence-electron chi connectivity index (χ2n) is 6.64. The Bertz CT molecular complexity index is 753. The van der Waals surface area contributed by atoms with Crippen molar-refractivity contribution < 1.29 is 13.9 Å². The Kier molecular flexibility index (Phi) is 5.36. The zero-order valence-electron chi connectivity index (χ0n) is 14.7. The molecule has 0 spiro atoms. The molecule has 1 fully saturated rings. The normalized spacial score (nSPS) is 13.7. The van der Waals surface area contributed by atoms with E-state index in [2.05, 4.69) is 10.4 Å². The molecule has 25 heavy (non-hydrogen) atoms. The molecule has 134 valence electrons. The van der Waals surface area contributed by atoms with Gasteiger partial charge in [0.15, 0.2) is 11.6 Å². The highest BCUT2D eigenvalue weighted by molar-refractivity contribution is 5.92. The van der Waals surface area contributed by atoms with Crippen molar-refractivity contribution in [2.75, 3.05) is 6.61 Å². The fourth-order valence-electron chi connectivity index (χ4n) is 2.85. The SMILES string of the molecule is Cc1cc(C(=O)NCc2cccc(OCCCC3CC3)c2F)n(C)n1. The Hall–Kier alpha value is -2.37. The summed E-state index contributed by atoms with van der Waals surface area (Å²) in [6.07, 6.45) is 4.74. The minimum atomic E-state index is -0.407. The van der Waals surface area contributed by atoms with Gasteiger partial charge in [-0.3, -0.25) is 9.48 Å². The lowest BCUT2D eigenvalue weighted by Crippen LogP contribution is -2.25. The Labute approximate surface area is 147 Å². The highest BCUT2D eigenvalue weighted by Gasteiger charge is 2.20. The molecule has 1 aromatic heterocycles. The van der Waals surface area contributed by atoms with Gasteiger partial charge in [0.25, 0.3) is 5.91 Å². The van der Waals surface area contributed by atoms with Crippen molar-refractivity contribution in [1.82, 2.24) is 15.1 Å². The number of aryl methyl sites for hydroxylation is 2. The van der Waals surface area contributed by atoms with Crippen molar-refractivity contribution >= 4 is 5.91 Å². The first-order chi connectivity index (χ1) is 12.0. The van der Waals surface area contributed by atoms with Crippen LogP contribution in [0.25, 0.3) is 0 Å². The number of nitrogens with zero attached hydrogens (tertiary/aromatic N) is 2. The fourth-order valence-corrected chi connectivity index (χ4v) is 2.85. The van der Waals surface area contributed by atoms with Gasteiger partial charge in [0, 0.05) is 19.2 Å². The average Bonchev–Trinajstić information content (AvgIpc) is 3.34. The van der Waals surface area contributed by atoms with Crippen LogP contribution in [0.3, 0.4) is 0 Å². The van der Waals surface area contributed by atoms with Crippen LogP contribution in [0.5, 0.6) is 5.75 Å². The molecule has 5 nitrogen and oxygen atoms in total. The monoisotopic (exact) mass is 345 g/mol. The van der Waals surface area contributed by atoms with Crippen molar-refractivity contribution in [2.24, 2.45) is 13.0 Å². The number of carbonyl (C=O) groups excluding carboxylic acids is 1. The van der Waals surface area contributed by atoms with Crippen LogP contribution in [0.1, 0.15) is 47.4 Å². The van der Waals surface area contributed by atoms with Crippen LogP contribution in [-0.2, 0) is 13.6 Å². The van der Waals surface area contributed by atoms with E-state index in [9.17, 15) is 9.18 Å². The van der Waals surface area contributed by atoms with Crippen LogP contribution < -0.4 is 10.1 Å². The van der Waals surface area contributed by atoms with Gasteiger partial charge < -0.3 is 10.1 Å². The predicted molar refractivity (Wildman–Crippen MR) is 93.0 cm³/mol. The zero-order valence-corrected chi connectivity index (χ0v) is 14.7. The number of benzene rings is 1. The maximum Gasteiger partial charge on any atom is 0.269 e. The van der Waals surface area contributed by atoms with Crippen LogP contribution in [0.15, 0.2) is 24.3 Å². The summed E-state index contributed by atoms with van der Waals surface area (Å²) >= 11 is 0. The summed E-state index contributed by atoms with van der Waals surface area (Å²) in [6, 6.07) is 6.73. The van der Waals surface area contributed by atoms with Gasteiger partial charge in [0.2, 0.25) is 0 Å². The number of hydrogen-bond acceptors (Lipinski definition) is 3. The lowest BCUT2D eigenvalue weighted by Gasteiger charge is -2.11. The van der Waals surface area contributed by atoms with Crippen molar-refractivity contribution in [3.8, 4) is 5.75 Å². The highest BCUT2D eigenvalue weighted by atomic mass is 19.1. The molecule has 0 radical (unpaired) electrons. The summed E-state index contributed by atoms with van der Waals surface area (Å²) in [6.45, 7) is 2.45. The van der Waals surface area contributed by atoms with Gasteiger partial charge >= 0.3 is 0 Å². The molecule has 0 atom stereocenters. The fraction of sp³-hybridized carbons (Fsp3) is 0.474. The first-order valence-corrected chi connectivity index (χ1v) is 8.73. The van der Waals surface area contributed by atoms with Crippen molar-refractivity contribution in [3.63, 3.8) is 0 Å². The number of carbonyl (C=O) groups is 1. The van der Waals surface area contributed by atoms with Crippen molar-refractivity contribution in [1.29, 1.82) is 0 Å². The number of amides is 1. The van der Waals surface area contributed by atoms with Gasteiger partial charge in [-0.15, -0.1) is 0 Å². The molecule has 1 aliphatic carbocycles. The highest BCUT2D eigenvalue weighted by Crippen LogP contribution is 2.33. The minimum absolute atomic E-state index is 0.105. The van der Waals surface area contributed by atoms with E-state index in [4.69, 9.17) is 4.74 Å². The van der Waals surface area contributed by atoms with E-state index >= 15 is 0 Å². The Morgan fingerprint density at radius 1 is 1.44 bits per heavy atom. The summed E-state index contributed by atoms with van der Waals surface area (Å²) in [5, 5.41) is 6.87. The molecule has 1 aliphatic rings. The van der Waals surface area contributed by atoms with E-state index in [-0.39, 0.29) is 18.2 Å². The molecule has 0 saturated heterocycles. The number of aromatic nitrogens is 2. The van der Waals surface area contributed by atoms with E-state index in [1.165, 1.54) is 17.5 Å². The third-order valence-electron chi connectivity index (χ3n) is 4.43. The summed E-state index contributed by atoms with van der Waals surface area (Å²) in [4.78, 5) is 12.2. The molecule has 1 N–H and O–H groups in total. The van der Waals surface area contributed by atoms with Gasteiger partial charge in [0.05, 0.1) is 12.3 Å². The van der Waals surface area contributed by atoms with E-state index in [0.29, 0.717) is 17.9 Å². The summed E-state index contributed by atoms with van der Waals surface area (Å²) in [5.74, 6) is 0.415. The van der Waals surface area contributed by atoms with E-state index in [1.807, 2.05) is 6.92 Å². The van der Waals surface area contributed by atoms with Crippen LogP contribution in [0, 0.1) is 18.7 Å². The number of halogens is 1. The number of hydrogen-bond donors (Lipinski definition) is 1. The van der Waals surface area contributed by atoms with E-state index < -0.39 is 5.82 Å². The molecule has 1 aromatic carbocycles. The first kappa shape index (κ1) is 17.5. The number of nitrogens with one attached hydrogen (secondary N) is 1. The summed E-state index contributed by atoms with van der Waals surface area (Å²) in [7, 11) is 1.71. The molecule has 1 amide bonds. The maximum absolute atomic E-state index is 14.5. The third-order valence-corrected chi connectivity index (χ3v) is 4.43. The molecular weight excluding hydrogens is 321 g/mol. The zero-order chi connectivity index (χ0) is 17.8. The van der Waals surface area contributed by atoms with Gasteiger partial charge in [-0.05, 0) is 37.8 Å². The lowest BCUT2D eigenvalue weighted by atomic mass is 10.2. The van der Waals surface area contributed by atoms with Gasteiger partial charge in [-0.1, -0.05) is 25.0 Å². The second-order valence-corrected chi connectivity index (χ2v) is 6.64. The summed E-state index contributed by atoms with van der Waals surface area (Å²) < 4.78 is 21.6. The minimum Gasteiger partial charge on any atom is -0.491 e. The van der Waals surface area contributed by atoms with E-state index in [0.717, 1.165) is 24.5 Å². The standard InChI is InChI=1S/C19H24FN3O2/c1-13-11-16(23(2)22-13)19(24)21-12-15-6-3-7-17(18(15)20)25-10-4-5-14-8-9-14/h3,6-7,11,14H,4-5,8-10,12H2,1-2H3,(H,21,24). The molecule has 0 unspecified atom stereocenters. The predicted octanol–water partition coefficient (Wildman–Crippen LogP) is 3.37. The van der Waals surface area contributed by atoms with E-state index in [1.54, 1.807) is 31.3 Å². The lowest BCUT2D eigenvalue weighted by molar-refractivity contribution is 0.0941. The van der Waals surface area contributed by atoms with Gasteiger partial charge in [0.1, 0.15) is 5.69 Å². The topological polar surface area (TPSA) is 56.1 Å². The second kappa shape index (κ2) is 7.68. The molecule has 0 aliphatic heterocycles. The van der Waals surface area contributed by atoms with Crippen LogP contribution in [0.2, 0.25) is 0 Å². The quantitative estimate of drug-likeness (QED) is 0.746. The smallest absolute Gasteiger partial charge is 0.269 e. The molecular formula is C19H24FN3O2. The number of rotatable bonds is 8. The Morgan fingerprint density at radius 3 is 2.92 bits per heavy atom. The molecule has 2 aromatic rings. The first-order valence-electron chi connectivity index (χ1n) is 8.73. The van der Waals surface area contributed by atoms with Crippen molar-refractivity contribution in [3.05, 3.63) is 47.0 Å². The van der Waals surface area contributed by atoms with Crippen LogP contribution in [-0.4, -0.2) is 22.3 Å². The largest absolute Gasteiger partial charge is 0.491 e. The Balaban J connectivity index is 1.55. The maximum atomic E-state index is 14.5. The third kappa shape index (κ3) is 4.59. The molecule has 3 rings (SSSR count). The summed E-state index contributed by atoms with van der Waals surface area (Å²) in [5.41, 5.74) is 1.62. The molecule has 1 saturated carbocycles. The van der Waals surface area contributed by atoms with Crippen molar-refractivity contribution in [2.45, 2.75) is 39.2 Å². The molecule has 6 heteroatoms. The molecule has 1 heterocycles. The Morgan fingerprint density at radius 2 is 2.24 bits per heavy atom. The van der Waals surface area contributed by atoms with Gasteiger partial charge in [-0.2, -0.15) is 5.10 Å². The number of ether oxygens (including phenoxy) is 1. The van der Waals surface area contributed by atoms with Crippen LogP contribution in [0.4, 0.5) is 4.39 Å².